The van der Waals surface area contributed by atoms with Crippen molar-refractivity contribution in [2.24, 2.45) is 5.73 Å². The lowest BCUT2D eigenvalue weighted by atomic mass is 9.96. The van der Waals surface area contributed by atoms with Crippen molar-refractivity contribution in [3.63, 3.8) is 0 Å². The van der Waals surface area contributed by atoms with E-state index in [1.807, 2.05) is 6.07 Å². The fourth-order valence-electron chi connectivity index (χ4n) is 2.67. The van der Waals surface area contributed by atoms with Gasteiger partial charge in [0.05, 0.1) is 5.52 Å². The number of likely N-dealkylation sites (N-methyl/N-ethyl adjacent to an activating group) is 1. The first-order valence-corrected chi connectivity index (χ1v) is 6.97. The molecule has 1 aromatic heterocycles. The van der Waals surface area contributed by atoms with E-state index in [1.54, 1.807) is 0 Å². The molecule has 18 heavy (non-hydrogen) atoms. The fraction of sp³-hybridized carbons (Fsp3) is 0.357. The minimum Gasteiger partial charge on any atom is -0.326 e. The van der Waals surface area contributed by atoms with Gasteiger partial charge in [-0.15, -0.1) is 0 Å². The molecule has 2 heterocycles. The van der Waals surface area contributed by atoms with Gasteiger partial charge in [0.2, 0.25) is 0 Å². The molecule has 2 aromatic rings. The maximum absolute atomic E-state index is 5.97. The van der Waals surface area contributed by atoms with Crippen LogP contribution in [0.5, 0.6) is 0 Å². The van der Waals surface area contributed by atoms with E-state index in [-0.39, 0.29) is 0 Å². The summed E-state index contributed by atoms with van der Waals surface area (Å²) >= 11 is 3.52. The highest BCUT2D eigenvalue weighted by atomic mass is 79.9. The van der Waals surface area contributed by atoms with Crippen LogP contribution in [0.25, 0.3) is 10.9 Å². The third-order valence-electron chi connectivity index (χ3n) is 3.61. The van der Waals surface area contributed by atoms with Crippen molar-refractivity contribution in [2.45, 2.75) is 19.5 Å². The highest BCUT2D eigenvalue weighted by Crippen LogP contribution is 2.29. The van der Waals surface area contributed by atoms with Crippen LogP contribution in [0, 0.1) is 0 Å². The van der Waals surface area contributed by atoms with E-state index in [1.165, 1.54) is 22.2 Å². The second-order valence-corrected chi connectivity index (χ2v) is 5.78. The maximum atomic E-state index is 5.97. The summed E-state index contributed by atoms with van der Waals surface area (Å²) in [4.78, 5) is 7.12. The molecule has 0 bridgehead atoms. The molecule has 3 nitrogen and oxygen atoms in total. The number of aromatic nitrogens is 1. The molecular formula is C14H16BrN3. The Morgan fingerprint density at radius 3 is 3.06 bits per heavy atom. The summed E-state index contributed by atoms with van der Waals surface area (Å²) in [5.74, 6) is 0. The predicted molar refractivity (Wildman–Crippen MR) is 77.4 cm³/mol. The highest BCUT2D eigenvalue weighted by Gasteiger charge is 2.19. The van der Waals surface area contributed by atoms with E-state index in [9.17, 15) is 0 Å². The molecule has 0 fully saturated rings. The normalized spacial score (nSPS) is 15.9. The zero-order valence-corrected chi connectivity index (χ0v) is 12.0. The summed E-state index contributed by atoms with van der Waals surface area (Å²) in [5.41, 5.74) is 10.8. The fourth-order valence-corrected chi connectivity index (χ4v) is 3.03. The number of rotatable bonds is 1. The largest absolute Gasteiger partial charge is 0.326 e. The Labute approximate surface area is 115 Å². The molecule has 1 aliphatic heterocycles. The van der Waals surface area contributed by atoms with Crippen LogP contribution in [0.2, 0.25) is 0 Å². The smallest absolute Gasteiger partial charge is 0.0709 e. The molecule has 1 aliphatic rings. The monoisotopic (exact) mass is 305 g/mol. The van der Waals surface area contributed by atoms with Crippen LogP contribution in [0.1, 0.15) is 16.8 Å². The van der Waals surface area contributed by atoms with Gasteiger partial charge in [-0.1, -0.05) is 15.9 Å². The molecule has 94 valence electrons. The summed E-state index contributed by atoms with van der Waals surface area (Å²) in [6.07, 6.45) is 1.02. The number of nitrogens with two attached hydrogens (primary N) is 1. The minimum absolute atomic E-state index is 0.575. The van der Waals surface area contributed by atoms with Crippen molar-refractivity contribution in [2.75, 3.05) is 13.6 Å². The Morgan fingerprint density at radius 2 is 2.28 bits per heavy atom. The van der Waals surface area contributed by atoms with Gasteiger partial charge >= 0.3 is 0 Å². The second-order valence-electron chi connectivity index (χ2n) is 4.87. The third kappa shape index (κ3) is 1.94. The van der Waals surface area contributed by atoms with Crippen LogP contribution < -0.4 is 5.73 Å². The molecule has 0 spiro atoms. The molecule has 0 radical (unpaired) electrons. The van der Waals surface area contributed by atoms with Gasteiger partial charge in [0.1, 0.15) is 0 Å². The second kappa shape index (κ2) is 4.61. The average molecular weight is 306 g/mol. The lowest BCUT2D eigenvalue weighted by Gasteiger charge is -2.27. The van der Waals surface area contributed by atoms with Gasteiger partial charge in [0.25, 0.3) is 0 Å². The van der Waals surface area contributed by atoms with E-state index in [4.69, 9.17) is 10.7 Å². The summed E-state index contributed by atoms with van der Waals surface area (Å²) in [5, 5.41) is 1.18. The lowest BCUT2D eigenvalue weighted by Crippen LogP contribution is -2.29. The molecule has 0 unspecified atom stereocenters. The van der Waals surface area contributed by atoms with Gasteiger partial charge in [0.15, 0.2) is 0 Å². The Bertz CT molecular complexity index is 610. The Balaban J connectivity index is 2.31. The standard InChI is InChI=1S/C14H16BrN3/c1-18-5-4-14-12(8-18)11(7-16)10-6-9(15)2-3-13(10)17-14/h2-3,6H,4-5,7-8,16H2,1H3. The van der Waals surface area contributed by atoms with E-state index < -0.39 is 0 Å². The molecule has 0 saturated heterocycles. The lowest BCUT2D eigenvalue weighted by molar-refractivity contribution is 0.309. The van der Waals surface area contributed by atoms with Crippen molar-refractivity contribution < 1.29 is 0 Å². The third-order valence-corrected chi connectivity index (χ3v) is 4.11. The molecule has 0 saturated carbocycles. The van der Waals surface area contributed by atoms with Crippen molar-refractivity contribution in [3.05, 3.63) is 39.5 Å². The van der Waals surface area contributed by atoms with Crippen LogP contribution >= 0.6 is 15.9 Å². The molecular weight excluding hydrogens is 290 g/mol. The van der Waals surface area contributed by atoms with E-state index >= 15 is 0 Å². The maximum Gasteiger partial charge on any atom is 0.0709 e. The highest BCUT2D eigenvalue weighted by molar-refractivity contribution is 9.10. The SMILES string of the molecule is CN1CCc2nc3ccc(Br)cc3c(CN)c2C1. The van der Waals surface area contributed by atoms with Crippen LogP contribution in [0.4, 0.5) is 0 Å². The van der Waals surface area contributed by atoms with Gasteiger partial charge in [-0.3, -0.25) is 4.98 Å². The average Bonchev–Trinajstić information content (AvgIpc) is 2.36. The van der Waals surface area contributed by atoms with Crippen molar-refractivity contribution >= 4 is 26.8 Å². The number of halogens is 1. The number of hydrogen-bond acceptors (Lipinski definition) is 3. The van der Waals surface area contributed by atoms with Gasteiger partial charge in [0, 0.05) is 41.6 Å². The number of pyridine rings is 1. The van der Waals surface area contributed by atoms with Gasteiger partial charge in [-0.25, -0.2) is 0 Å². The molecule has 0 atom stereocenters. The van der Waals surface area contributed by atoms with Crippen molar-refractivity contribution in [1.29, 1.82) is 0 Å². The summed E-state index contributed by atoms with van der Waals surface area (Å²) in [7, 11) is 2.15. The first-order chi connectivity index (χ1) is 8.69. The van der Waals surface area contributed by atoms with E-state index in [0.29, 0.717) is 6.54 Å². The van der Waals surface area contributed by atoms with Gasteiger partial charge in [-0.2, -0.15) is 0 Å². The zero-order valence-electron chi connectivity index (χ0n) is 10.4. The van der Waals surface area contributed by atoms with Crippen molar-refractivity contribution in [1.82, 2.24) is 9.88 Å². The molecule has 4 heteroatoms. The molecule has 1 aromatic carbocycles. The molecule has 2 N–H and O–H groups in total. The molecule has 0 amide bonds. The van der Waals surface area contributed by atoms with Crippen LogP contribution in [0.3, 0.4) is 0 Å². The van der Waals surface area contributed by atoms with Crippen LogP contribution in [-0.4, -0.2) is 23.5 Å². The molecule has 3 rings (SSSR count). The topological polar surface area (TPSA) is 42.2 Å². The first-order valence-electron chi connectivity index (χ1n) is 6.17. The summed E-state index contributed by atoms with van der Waals surface area (Å²) in [6, 6.07) is 6.23. The van der Waals surface area contributed by atoms with Crippen molar-refractivity contribution in [3.8, 4) is 0 Å². The van der Waals surface area contributed by atoms with Gasteiger partial charge in [-0.05, 0) is 36.4 Å². The Hall–Kier alpha value is -0.970. The summed E-state index contributed by atoms with van der Waals surface area (Å²) in [6.45, 7) is 2.61. The predicted octanol–water partition coefficient (Wildman–Crippen LogP) is 2.44. The van der Waals surface area contributed by atoms with Gasteiger partial charge < -0.3 is 10.6 Å². The Kier molecular flexibility index (Phi) is 3.09. The number of nitrogens with zero attached hydrogens (tertiary/aromatic N) is 2. The molecule has 0 aliphatic carbocycles. The zero-order chi connectivity index (χ0) is 12.7. The van der Waals surface area contributed by atoms with E-state index in [2.05, 4.69) is 40.0 Å². The number of fused-ring (bicyclic) bond motifs is 2. The number of benzene rings is 1. The summed E-state index contributed by atoms with van der Waals surface area (Å²) < 4.78 is 1.08. The Morgan fingerprint density at radius 1 is 1.44 bits per heavy atom. The quantitative estimate of drug-likeness (QED) is 0.880. The number of hydrogen-bond donors (Lipinski definition) is 1. The minimum atomic E-state index is 0.575. The van der Waals surface area contributed by atoms with Crippen LogP contribution in [0.15, 0.2) is 22.7 Å². The van der Waals surface area contributed by atoms with E-state index in [0.717, 1.165) is 29.5 Å². The van der Waals surface area contributed by atoms with Crippen LogP contribution in [-0.2, 0) is 19.5 Å². The first kappa shape index (κ1) is 12.1.